The Bertz CT molecular complexity index is 1350. The molecule has 7 nitrogen and oxygen atoms in total. The molecular weight excluding hydrogens is 467 g/mol. The molecule has 3 aromatic carbocycles. The lowest BCUT2D eigenvalue weighted by molar-refractivity contribution is -0.113. The molecule has 1 heterocycles. The third kappa shape index (κ3) is 5.75. The molecule has 0 atom stereocenters. The summed E-state index contributed by atoms with van der Waals surface area (Å²) in [7, 11) is 0. The molecule has 9 heteroatoms. The van der Waals surface area contributed by atoms with E-state index in [-0.39, 0.29) is 23.1 Å². The molecule has 0 unspecified atom stereocenters. The predicted molar refractivity (Wildman–Crippen MR) is 134 cm³/mol. The Morgan fingerprint density at radius 2 is 1.80 bits per heavy atom. The van der Waals surface area contributed by atoms with Gasteiger partial charge in [0.15, 0.2) is 16.8 Å². The van der Waals surface area contributed by atoms with Gasteiger partial charge in [-0.2, -0.15) is 0 Å². The van der Waals surface area contributed by atoms with Crippen molar-refractivity contribution in [2.75, 3.05) is 17.7 Å². The molecule has 178 valence electrons. The largest absolute Gasteiger partial charge is 0.494 e. The minimum atomic E-state index is -0.438. The molecule has 0 bridgehead atoms. The summed E-state index contributed by atoms with van der Waals surface area (Å²) in [5.74, 6) is 0.354. The number of ether oxygens (including phenoxy) is 1. The SMILES string of the molecule is CCOc1ccc(-c2nnc(SCC(=O)Nc3cccc(C(C)=O)c3)n2-c2ccccc2F)cc1. The number of hydrogen-bond acceptors (Lipinski definition) is 6. The molecule has 4 aromatic rings. The summed E-state index contributed by atoms with van der Waals surface area (Å²) in [6.07, 6.45) is 0. The van der Waals surface area contributed by atoms with E-state index in [9.17, 15) is 14.0 Å². The summed E-state index contributed by atoms with van der Waals surface area (Å²) in [5, 5.41) is 11.7. The second-order valence-electron chi connectivity index (χ2n) is 7.52. The van der Waals surface area contributed by atoms with Crippen LogP contribution in [0.1, 0.15) is 24.2 Å². The van der Waals surface area contributed by atoms with E-state index in [0.717, 1.165) is 17.3 Å². The van der Waals surface area contributed by atoms with Crippen LogP contribution in [-0.2, 0) is 4.79 Å². The molecule has 4 rings (SSSR count). The molecule has 1 amide bonds. The van der Waals surface area contributed by atoms with Crippen molar-refractivity contribution in [3.05, 3.63) is 84.2 Å². The number of ketones is 1. The van der Waals surface area contributed by atoms with Gasteiger partial charge in [-0.3, -0.25) is 14.2 Å². The van der Waals surface area contributed by atoms with Crippen LogP contribution in [0.5, 0.6) is 5.75 Å². The van der Waals surface area contributed by atoms with Crippen LogP contribution >= 0.6 is 11.8 Å². The Labute approximate surface area is 206 Å². The van der Waals surface area contributed by atoms with Crippen molar-refractivity contribution >= 4 is 29.1 Å². The van der Waals surface area contributed by atoms with E-state index in [4.69, 9.17) is 4.74 Å². The zero-order chi connectivity index (χ0) is 24.8. The number of anilines is 1. The minimum Gasteiger partial charge on any atom is -0.494 e. The van der Waals surface area contributed by atoms with E-state index in [1.807, 2.05) is 31.2 Å². The maximum atomic E-state index is 14.8. The van der Waals surface area contributed by atoms with E-state index >= 15 is 0 Å². The number of Topliss-reactive ketones (excluding diaryl/α,β-unsaturated/α-hetero) is 1. The van der Waals surface area contributed by atoms with Gasteiger partial charge in [0.2, 0.25) is 5.91 Å². The fourth-order valence-corrected chi connectivity index (χ4v) is 4.16. The molecule has 0 aliphatic heterocycles. The smallest absolute Gasteiger partial charge is 0.234 e. The Kier molecular flexibility index (Phi) is 7.57. The number of para-hydroxylation sites is 1. The number of nitrogens with one attached hydrogen (secondary N) is 1. The monoisotopic (exact) mass is 490 g/mol. The van der Waals surface area contributed by atoms with Gasteiger partial charge in [-0.25, -0.2) is 4.39 Å². The quantitative estimate of drug-likeness (QED) is 0.250. The number of aromatic nitrogens is 3. The molecule has 0 aliphatic rings. The zero-order valence-electron chi connectivity index (χ0n) is 19.2. The molecular formula is C26H23FN4O3S. The van der Waals surface area contributed by atoms with Crippen LogP contribution in [0.25, 0.3) is 17.1 Å². The summed E-state index contributed by atoms with van der Waals surface area (Å²) in [6.45, 7) is 3.92. The van der Waals surface area contributed by atoms with Crippen LogP contribution in [0.3, 0.4) is 0 Å². The summed E-state index contributed by atoms with van der Waals surface area (Å²) in [4.78, 5) is 24.2. The molecule has 0 fully saturated rings. The third-order valence-electron chi connectivity index (χ3n) is 5.04. The first-order chi connectivity index (χ1) is 17.0. The van der Waals surface area contributed by atoms with Crippen molar-refractivity contribution in [3.63, 3.8) is 0 Å². The maximum absolute atomic E-state index is 14.8. The number of halogens is 1. The van der Waals surface area contributed by atoms with Gasteiger partial charge in [0, 0.05) is 16.8 Å². The number of carbonyl (C=O) groups excluding carboxylic acids is 2. The summed E-state index contributed by atoms with van der Waals surface area (Å²) < 4.78 is 21.9. The Balaban J connectivity index is 1.59. The highest BCUT2D eigenvalue weighted by Gasteiger charge is 2.19. The molecule has 0 spiro atoms. The summed E-state index contributed by atoms with van der Waals surface area (Å²) in [5.41, 5.74) is 2.03. The van der Waals surface area contributed by atoms with Crippen LogP contribution in [0.2, 0.25) is 0 Å². The number of hydrogen-bond donors (Lipinski definition) is 1. The molecule has 1 N–H and O–H groups in total. The van der Waals surface area contributed by atoms with Crippen LogP contribution in [0.15, 0.2) is 78.0 Å². The fourth-order valence-electron chi connectivity index (χ4n) is 3.41. The van der Waals surface area contributed by atoms with Gasteiger partial charge in [0.1, 0.15) is 11.6 Å². The van der Waals surface area contributed by atoms with Crippen molar-refractivity contribution in [1.29, 1.82) is 0 Å². The standard InChI is InChI=1S/C26H23FN4O3S/c1-3-34-21-13-11-18(12-14-21)25-29-30-26(31(25)23-10-5-4-9-22(23)27)35-16-24(33)28-20-8-6-7-19(15-20)17(2)32/h4-15H,3,16H2,1-2H3,(H,28,33). The first-order valence-corrected chi connectivity index (χ1v) is 11.9. The van der Waals surface area contributed by atoms with Crippen molar-refractivity contribution in [1.82, 2.24) is 14.8 Å². The predicted octanol–water partition coefficient (Wildman–Crippen LogP) is 5.41. The van der Waals surface area contributed by atoms with E-state index in [1.54, 1.807) is 47.0 Å². The highest BCUT2D eigenvalue weighted by Crippen LogP contribution is 2.30. The van der Waals surface area contributed by atoms with Gasteiger partial charge in [-0.1, -0.05) is 36.0 Å². The molecule has 0 radical (unpaired) electrons. The molecule has 35 heavy (non-hydrogen) atoms. The van der Waals surface area contributed by atoms with Gasteiger partial charge in [0.05, 0.1) is 18.0 Å². The van der Waals surface area contributed by atoms with E-state index in [0.29, 0.717) is 34.6 Å². The van der Waals surface area contributed by atoms with E-state index in [1.165, 1.54) is 13.0 Å². The maximum Gasteiger partial charge on any atom is 0.234 e. The number of amides is 1. The highest BCUT2D eigenvalue weighted by atomic mass is 32.2. The number of benzene rings is 3. The van der Waals surface area contributed by atoms with Crippen molar-refractivity contribution in [2.45, 2.75) is 19.0 Å². The number of thioether (sulfide) groups is 1. The number of nitrogens with zero attached hydrogens (tertiary/aromatic N) is 3. The van der Waals surface area contributed by atoms with Crippen LogP contribution < -0.4 is 10.1 Å². The van der Waals surface area contributed by atoms with Gasteiger partial charge >= 0.3 is 0 Å². The molecule has 0 saturated heterocycles. The topological polar surface area (TPSA) is 86.1 Å². The van der Waals surface area contributed by atoms with Crippen LogP contribution in [0, 0.1) is 5.82 Å². The second-order valence-corrected chi connectivity index (χ2v) is 8.47. The Morgan fingerprint density at radius 1 is 1.03 bits per heavy atom. The average Bonchev–Trinajstić information content (AvgIpc) is 3.27. The molecule has 0 saturated carbocycles. The summed E-state index contributed by atoms with van der Waals surface area (Å²) in [6, 6.07) is 20.3. The lowest BCUT2D eigenvalue weighted by Crippen LogP contribution is -2.15. The zero-order valence-corrected chi connectivity index (χ0v) is 20.0. The van der Waals surface area contributed by atoms with E-state index < -0.39 is 5.82 Å². The van der Waals surface area contributed by atoms with Gasteiger partial charge < -0.3 is 10.1 Å². The number of rotatable bonds is 9. The highest BCUT2D eigenvalue weighted by molar-refractivity contribution is 7.99. The first kappa shape index (κ1) is 24.2. The molecule has 1 aromatic heterocycles. The molecule has 0 aliphatic carbocycles. The third-order valence-corrected chi connectivity index (χ3v) is 5.96. The minimum absolute atomic E-state index is 0.0141. The van der Waals surface area contributed by atoms with Crippen LogP contribution in [-0.4, -0.2) is 38.8 Å². The summed E-state index contributed by atoms with van der Waals surface area (Å²) >= 11 is 1.13. The van der Waals surface area contributed by atoms with Gasteiger partial charge in [-0.15, -0.1) is 10.2 Å². The Morgan fingerprint density at radius 3 is 2.51 bits per heavy atom. The second kappa shape index (κ2) is 11.0. The van der Waals surface area contributed by atoms with Gasteiger partial charge in [0.25, 0.3) is 0 Å². The normalized spacial score (nSPS) is 10.7. The number of carbonyl (C=O) groups is 2. The Hall–Kier alpha value is -3.98. The first-order valence-electron chi connectivity index (χ1n) is 10.9. The average molecular weight is 491 g/mol. The van der Waals surface area contributed by atoms with Crippen molar-refractivity contribution in [3.8, 4) is 22.8 Å². The lowest BCUT2D eigenvalue weighted by Gasteiger charge is -2.12. The van der Waals surface area contributed by atoms with Crippen molar-refractivity contribution in [2.24, 2.45) is 0 Å². The van der Waals surface area contributed by atoms with Gasteiger partial charge in [-0.05, 0) is 62.4 Å². The van der Waals surface area contributed by atoms with Crippen molar-refractivity contribution < 1.29 is 18.7 Å². The van der Waals surface area contributed by atoms with E-state index in [2.05, 4.69) is 15.5 Å². The lowest BCUT2D eigenvalue weighted by atomic mass is 10.1. The van der Waals surface area contributed by atoms with Crippen LogP contribution in [0.4, 0.5) is 10.1 Å². The fraction of sp³-hybridized carbons (Fsp3) is 0.154.